The van der Waals surface area contributed by atoms with Crippen LogP contribution in [0.4, 0.5) is 0 Å². The lowest BCUT2D eigenvalue weighted by atomic mass is 10.1. The van der Waals surface area contributed by atoms with Crippen LogP contribution in [0.15, 0.2) is 46.9 Å². The zero-order valence-corrected chi connectivity index (χ0v) is 16.1. The summed E-state index contributed by atoms with van der Waals surface area (Å²) in [7, 11) is 0. The highest BCUT2D eigenvalue weighted by atomic mass is 35.5. The number of benzene rings is 1. The Balaban J connectivity index is 1.81. The number of halogens is 1. The van der Waals surface area contributed by atoms with Gasteiger partial charge in [0.15, 0.2) is 9.62 Å². The van der Waals surface area contributed by atoms with Gasteiger partial charge in [0.25, 0.3) is 0 Å². The van der Waals surface area contributed by atoms with E-state index < -0.39 is 0 Å². The maximum Gasteiger partial charge on any atom is 0.190 e. The Morgan fingerprint density at radius 1 is 1.16 bits per heavy atom. The highest BCUT2D eigenvalue weighted by Gasteiger charge is 2.17. The average molecular weight is 387 g/mol. The zero-order chi connectivity index (χ0) is 17.4. The summed E-state index contributed by atoms with van der Waals surface area (Å²) in [5, 5.41) is 7.53. The summed E-state index contributed by atoms with van der Waals surface area (Å²) in [6.45, 7) is 4.11. The van der Waals surface area contributed by atoms with Crippen LogP contribution in [0.2, 0.25) is 4.47 Å². The van der Waals surface area contributed by atoms with Crippen molar-refractivity contribution < 1.29 is 0 Å². The second-order valence-electron chi connectivity index (χ2n) is 5.72. The molecule has 0 saturated heterocycles. The molecule has 126 valence electrons. The first-order valence-corrected chi connectivity index (χ1v) is 10.0. The van der Waals surface area contributed by atoms with E-state index >= 15 is 0 Å². The lowest BCUT2D eigenvalue weighted by Crippen LogP contribution is -1.98. The fraction of sp³-hybridized carbons (Fsp3) is 0.167. The van der Waals surface area contributed by atoms with Gasteiger partial charge in [-0.15, -0.1) is 11.3 Å². The first-order chi connectivity index (χ1) is 12.1. The molecule has 0 unspecified atom stereocenters. The van der Waals surface area contributed by atoms with Crippen LogP contribution in [0.1, 0.15) is 17.0 Å². The number of thiazole rings is 1. The van der Waals surface area contributed by atoms with Crippen LogP contribution >= 0.6 is 34.7 Å². The van der Waals surface area contributed by atoms with Crippen molar-refractivity contribution in [1.82, 2.24) is 19.6 Å². The maximum absolute atomic E-state index is 5.93. The number of rotatable bonds is 4. The number of imidazole rings is 1. The molecule has 4 aromatic rings. The minimum Gasteiger partial charge on any atom is -0.229 e. The first kappa shape index (κ1) is 16.6. The van der Waals surface area contributed by atoms with Crippen LogP contribution in [0, 0.1) is 13.8 Å². The van der Waals surface area contributed by atoms with Gasteiger partial charge < -0.3 is 0 Å². The third-order valence-corrected chi connectivity index (χ3v) is 5.79. The molecule has 0 spiro atoms. The second-order valence-corrected chi connectivity index (χ2v) is 8.10. The Morgan fingerprint density at radius 2 is 1.96 bits per heavy atom. The van der Waals surface area contributed by atoms with E-state index in [1.165, 1.54) is 16.9 Å². The normalized spacial score (nSPS) is 11.3. The molecule has 4 rings (SSSR count). The van der Waals surface area contributed by atoms with Crippen molar-refractivity contribution in [1.29, 1.82) is 0 Å². The van der Waals surface area contributed by atoms with Crippen molar-refractivity contribution in [3.05, 3.63) is 63.2 Å². The number of aromatic nitrogens is 4. The fourth-order valence-corrected chi connectivity index (χ4v) is 4.51. The van der Waals surface area contributed by atoms with E-state index in [0.717, 1.165) is 33.3 Å². The van der Waals surface area contributed by atoms with Crippen molar-refractivity contribution in [3.8, 4) is 11.3 Å². The van der Waals surface area contributed by atoms with Gasteiger partial charge in [-0.25, -0.2) is 14.5 Å². The minimum absolute atomic E-state index is 0.568. The molecule has 0 bridgehead atoms. The minimum atomic E-state index is 0.568. The zero-order valence-electron chi connectivity index (χ0n) is 13.7. The number of fused-ring (bicyclic) bond motifs is 1. The van der Waals surface area contributed by atoms with E-state index in [1.807, 2.05) is 35.0 Å². The van der Waals surface area contributed by atoms with E-state index in [4.69, 9.17) is 16.6 Å². The van der Waals surface area contributed by atoms with Crippen LogP contribution in [-0.2, 0) is 5.75 Å². The Kier molecular flexibility index (Phi) is 4.50. The summed E-state index contributed by atoms with van der Waals surface area (Å²) in [5.41, 5.74) is 6.21. The van der Waals surface area contributed by atoms with Gasteiger partial charge in [0.05, 0.1) is 22.6 Å². The van der Waals surface area contributed by atoms with Crippen molar-refractivity contribution >= 4 is 40.2 Å². The third-order valence-electron chi connectivity index (χ3n) is 3.80. The van der Waals surface area contributed by atoms with E-state index in [9.17, 15) is 0 Å². The van der Waals surface area contributed by atoms with Gasteiger partial charge in [-0.1, -0.05) is 53.7 Å². The smallest absolute Gasteiger partial charge is 0.190 e. The standard InChI is InChI=1S/C18H15ClN4S2/c1-11-8-12(2)22-23-16(11)15(13-6-4-3-5-7-13)21-18(23)25-10-14-9-24-17(19)20-14/h3-9H,10H2,1-2H3. The molecule has 0 aliphatic carbocycles. The number of hydrogen-bond donors (Lipinski definition) is 0. The molecule has 0 amide bonds. The summed E-state index contributed by atoms with van der Waals surface area (Å²) in [5.74, 6) is 0.714. The lowest BCUT2D eigenvalue weighted by molar-refractivity contribution is 0.793. The summed E-state index contributed by atoms with van der Waals surface area (Å²) in [6, 6.07) is 12.3. The molecule has 0 radical (unpaired) electrons. The molecule has 0 fully saturated rings. The molecule has 0 N–H and O–H groups in total. The fourth-order valence-electron chi connectivity index (χ4n) is 2.78. The van der Waals surface area contributed by atoms with Gasteiger partial charge in [0.1, 0.15) is 0 Å². The van der Waals surface area contributed by atoms with Gasteiger partial charge >= 0.3 is 0 Å². The van der Waals surface area contributed by atoms with Gasteiger partial charge in [-0.2, -0.15) is 5.10 Å². The van der Waals surface area contributed by atoms with Crippen LogP contribution < -0.4 is 0 Å². The molecule has 7 heteroatoms. The van der Waals surface area contributed by atoms with Gasteiger partial charge in [-0.05, 0) is 25.5 Å². The Morgan fingerprint density at radius 3 is 2.68 bits per heavy atom. The van der Waals surface area contributed by atoms with Gasteiger partial charge in [-0.3, -0.25) is 0 Å². The molecule has 0 atom stereocenters. The van der Waals surface area contributed by atoms with Crippen LogP contribution in [0.25, 0.3) is 16.8 Å². The Labute approximate surface area is 158 Å². The molecule has 0 aliphatic rings. The Hall–Kier alpha value is -1.89. The number of nitrogens with zero attached hydrogens (tertiary/aromatic N) is 4. The highest BCUT2D eigenvalue weighted by Crippen LogP contribution is 2.32. The second kappa shape index (κ2) is 6.78. The average Bonchev–Trinajstić information content (AvgIpc) is 3.17. The van der Waals surface area contributed by atoms with Crippen molar-refractivity contribution in [2.45, 2.75) is 24.8 Å². The maximum atomic E-state index is 5.93. The molecule has 3 aromatic heterocycles. The molecule has 0 saturated carbocycles. The summed E-state index contributed by atoms with van der Waals surface area (Å²) in [6.07, 6.45) is 0. The summed E-state index contributed by atoms with van der Waals surface area (Å²) >= 11 is 9.00. The molecule has 3 heterocycles. The van der Waals surface area contributed by atoms with E-state index in [2.05, 4.69) is 35.2 Å². The van der Waals surface area contributed by atoms with Crippen LogP contribution in [0.3, 0.4) is 0 Å². The number of hydrogen-bond acceptors (Lipinski definition) is 5. The largest absolute Gasteiger partial charge is 0.229 e. The lowest BCUT2D eigenvalue weighted by Gasteiger charge is -2.04. The van der Waals surface area contributed by atoms with Gasteiger partial charge in [0, 0.05) is 16.7 Å². The van der Waals surface area contributed by atoms with Crippen molar-refractivity contribution in [2.24, 2.45) is 0 Å². The summed E-state index contributed by atoms with van der Waals surface area (Å²) < 4.78 is 2.52. The van der Waals surface area contributed by atoms with E-state index in [1.54, 1.807) is 11.8 Å². The predicted octanol–water partition coefficient (Wildman–Crippen LogP) is 5.42. The van der Waals surface area contributed by atoms with E-state index in [0.29, 0.717) is 10.2 Å². The Bertz CT molecular complexity index is 1040. The first-order valence-electron chi connectivity index (χ1n) is 7.77. The SMILES string of the molecule is Cc1cc(C)c2c(-c3ccccc3)nc(SCc3csc(Cl)n3)n2n1. The molecule has 1 aromatic carbocycles. The van der Waals surface area contributed by atoms with Gasteiger partial charge in [0.2, 0.25) is 0 Å². The molecular formula is C18H15ClN4S2. The quantitative estimate of drug-likeness (QED) is 0.439. The predicted molar refractivity (Wildman–Crippen MR) is 105 cm³/mol. The number of thioether (sulfide) groups is 1. The number of aryl methyl sites for hydroxylation is 2. The molecule has 25 heavy (non-hydrogen) atoms. The van der Waals surface area contributed by atoms with Crippen LogP contribution in [0.5, 0.6) is 0 Å². The monoisotopic (exact) mass is 386 g/mol. The topological polar surface area (TPSA) is 43.1 Å². The molecule has 4 nitrogen and oxygen atoms in total. The van der Waals surface area contributed by atoms with Crippen molar-refractivity contribution in [2.75, 3.05) is 0 Å². The third kappa shape index (κ3) is 3.29. The highest BCUT2D eigenvalue weighted by molar-refractivity contribution is 7.98. The van der Waals surface area contributed by atoms with E-state index in [-0.39, 0.29) is 0 Å². The van der Waals surface area contributed by atoms with Crippen LogP contribution in [-0.4, -0.2) is 19.6 Å². The molecular weight excluding hydrogens is 372 g/mol. The summed E-state index contributed by atoms with van der Waals surface area (Å²) in [4.78, 5) is 9.20. The van der Waals surface area contributed by atoms with Crippen molar-refractivity contribution in [3.63, 3.8) is 0 Å². The molecule has 0 aliphatic heterocycles.